The quantitative estimate of drug-likeness (QED) is 0.944. The molecule has 2 rings (SSSR count). The van der Waals surface area contributed by atoms with Gasteiger partial charge in [0.05, 0.1) is 11.9 Å². The van der Waals surface area contributed by atoms with Gasteiger partial charge in [0.15, 0.2) is 0 Å². The van der Waals surface area contributed by atoms with Gasteiger partial charge in [0, 0.05) is 22.8 Å². The molecule has 0 fully saturated rings. The standard InChI is InChI=1S/C13H11BrFN3O/c1-8-5-17-12(7-16-8)13(19)18-6-9-4-10(14)2-3-11(9)15/h2-5,7H,6H2,1H3,(H,18,19). The maximum Gasteiger partial charge on any atom is 0.271 e. The smallest absolute Gasteiger partial charge is 0.271 e. The highest BCUT2D eigenvalue weighted by Crippen LogP contribution is 2.15. The number of nitrogens with zero attached hydrogens (tertiary/aromatic N) is 2. The minimum atomic E-state index is -0.383. The summed E-state index contributed by atoms with van der Waals surface area (Å²) in [6.45, 7) is 1.88. The van der Waals surface area contributed by atoms with Crippen LogP contribution in [0, 0.1) is 12.7 Å². The molecule has 0 spiro atoms. The molecule has 98 valence electrons. The van der Waals surface area contributed by atoms with Gasteiger partial charge in [0.25, 0.3) is 5.91 Å². The highest BCUT2D eigenvalue weighted by molar-refractivity contribution is 9.10. The van der Waals surface area contributed by atoms with Crippen LogP contribution in [0.25, 0.3) is 0 Å². The van der Waals surface area contributed by atoms with E-state index in [9.17, 15) is 9.18 Å². The molecule has 1 aromatic heterocycles. The van der Waals surface area contributed by atoms with Crippen molar-refractivity contribution in [3.8, 4) is 0 Å². The summed E-state index contributed by atoms with van der Waals surface area (Å²) >= 11 is 3.25. The Morgan fingerprint density at radius 3 is 2.84 bits per heavy atom. The zero-order valence-corrected chi connectivity index (χ0v) is 11.7. The molecule has 0 saturated carbocycles. The van der Waals surface area contributed by atoms with Crippen LogP contribution in [0.15, 0.2) is 35.1 Å². The summed E-state index contributed by atoms with van der Waals surface area (Å²) in [5, 5.41) is 2.60. The van der Waals surface area contributed by atoms with E-state index >= 15 is 0 Å². The van der Waals surface area contributed by atoms with Gasteiger partial charge >= 0.3 is 0 Å². The number of benzene rings is 1. The van der Waals surface area contributed by atoms with Gasteiger partial charge in [-0.1, -0.05) is 15.9 Å². The first-order valence-corrected chi connectivity index (χ1v) is 6.36. The summed E-state index contributed by atoms with van der Waals surface area (Å²) in [6, 6.07) is 4.57. The molecule has 0 unspecified atom stereocenters. The third-order valence-corrected chi connectivity index (χ3v) is 2.95. The third-order valence-electron chi connectivity index (χ3n) is 2.46. The molecule has 0 saturated heterocycles. The first-order valence-electron chi connectivity index (χ1n) is 5.57. The maximum atomic E-state index is 13.5. The highest BCUT2D eigenvalue weighted by Gasteiger charge is 2.09. The van der Waals surface area contributed by atoms with E-state index in [4.69, 9.17) is 0 Å². The monoisotopic (exact) mass is 323 g/mol. The van der Waals surface area contributed by atoms with Gasteiger partial charge in [0.2, 0.25) is 0 Å². The fraction of sp³-hybridized carbons (Fsp3) is 0.154. The molecule has 0 aliphatic carbocycles. The Balaban J connectivity index is 2.04. The van der Waals surface area contributed by atoms with Crippen molar-refractivity contribution in [3.05, 3.63) is 57.8 Å². The van der Waals surface area contributed by atoms with Crippen molar-refractivity contribution >= 4 is 21.8 Å². The zero-order chi connectivity index (χ0) is 13.8. The van der Waals surface area contributed by atoms with Gasteiger partial charge in [-0.25, -0.2) is 9.37 Å². The Bertz CT molecular complexity index is 601. The Morgan fingerprint density at radius 2 is 2.16 bits per heavy atom. The molecule has 0 atom stereocenters. The number of hydrogen-bond donors (Lipinski definition) is 1. The van der Waals surface area contributed by atoms with E-state index in [-0.39, 0.29) is 24.0 Å². The van der Waals surface area contributed by atoms with Crippen LogP contribution >= 0.6 is 15.9 Å². The molecule has 19 heavy (non-hydrogen) atoms. The minimum Gasteiger partial charge on any atom is -0.346 e. The molecule has 1 N–H and O–H groups in total. The van der Waals surface area contributed by atoms with Crippen molar-refractivity contribution in [2.45, 2.75) is 13.5 Å². The summed E-state index contributed by atoms with van der Waals surface area (Å²) in [6.07, 6.45) is 2.90. The van der Waals surface area contributed by atoms with E-state index in [2.05, 4.69) is 31.2 Å². The van der Waals surface area contributed by atoms with E-state index in [0.717, 1.165) is 10.2 Å². The van der Waals surface area contributed by atoms with Crippen molar-refractivity contribution in [1.82, 2.24) is 15.3 Å². The Kier molecular flexibility index (Phi) is 4.21. The van der Waals surface area contributed by atoms with Gasteiger partial charge in [0.1, 0.15) is 11.5 Å². The average molecular weight is 324 g/mol. The number of hydrogen-bond acceptors (Lipinski definition) is 3. The van der Waals surface area contributed by atoms with Crippen molar-refractivity contribution in [1.29, 1.82) is 0 Å². The second-order valence-electron chi connectivity index (χ2n) is 3.96. The van der Waals surface area contributed by atoms with E-state index in [1.54, 1.807) is 19.1 Å². The molecule has 2 aromatic rings. The largest absolute Gasteiger partial charge is 0.346 e. The fourth-order valence-electron chi connectivity index (χ4n) is 1.45. The number of amides is 1. The topological polar surface area (TPSA) is 54.9 Å². The maximum absolute atomic E-state index is 13.5. The second kappa shape index (κ2) is 5.88. The van der Waals surface area contributed by atoms with E-state index in [1.165, 1.54) is 18.5 Å². The molecule has 0 radical (unpaired) electrons. The molecule has 4 nitrogen and oxygen atoms in total. The molecule has 1 heterocycles. The molecule has 0 aliphatic heterocycles. The van der Waals surface area contributed by atoms with Crippen molar-refractivity contribution in [3.63, 3.8) is 0 Å². The average Bonchev–Trinajstić information content (AvgIpc) is 2.40. The van der Waals surface area contributed by atoms with Crippen LogP contribution in [0.5, 0.6) is 0 Å². The Hall–Kier alpha value is -1.82. The molecule has 0 bridgehead atoms. The van der Waals surface area contributed by atoms with Crippen molar-refractivity contribution < 1.29 is 9.18 Å². The molecule has 1 amide bonds. The molecule has 6 heteroatoms. The number of carbonyl (C=O) groups is 1. The lowest BCUT2D eigenvalue weighted by Crippen LogP contribution is -2.24. The van der Waals surface area contributed by atoms with Crippen LogP contribution in [0.2, 0.25) is 0 Å². The number of rotatable bonds is 3. The van der Waals surface area contributed by atoms with Crippen LogP contribution in [0.4, 0.5) is 4.39 Å². The number of nitrogens with one attached hydrogen (secondary N) is 1. The molecule has 1 aromatic carbocycles. The second-order valence-corrected chi connectivity index (χ2v) is 4.88. The lowest BCUT2D eigenvalue weighted by Gasteiger charge is -2.06. The summed E-state index contributed by atoms with van der Waals surface area (Å²) in [7, 11) is 0. The van der Waals surface area contributed by atoms with E-state index in [0.29, 0.717) is 5.56 Å². The predicted molar refractivity (Wildman–Crippen MR) is 72.0 cm³/mol. The van der Waals surface area contributed by atoms with Gasteiger partial charge in [-0.05, 0) is 25.1 Å². The van der Waals surface area contributed by atoms with E-state index in [1.807, 2.05) is 0 Å². The molecular weight excluding hydrogens is 313 g/mol. The first kappa shape index (κ1) is 13.6. The summed E-state index contributed by atoms with van der Waals surface area (Å²) in [5.41, 5.74) is 1.35. The molecular formula is C13H11BrFN3O. The fourth-order valence-corrected chi connectivity index (χ4v) is 1.86. The summed E-state index contributed by atoms with van der Waals surface area (Å²) in [4.78, 5) is 19.7. The van der Waals surface area contributed by atoms with Crippen LogP contribution in [-0.2, 0) is 6.54 Å². The van der Waals surface area contributed by atoms with Crippen molar-refractivity contribution in [2.75, 3.05) is 0 Å². The SMILES string of the molecule is Cc1cnc(C(=O)NCc2cc(Br)ccc2F)cn1. The Morgan fingerprint density at radius 1 is 1.37 bits per heavy atom. The normalized spacial score (nSPS) is 10.3. The zero-order valence-electron chi connectivity index (χ0n) is 10.2. The van der Waals surface area contributed by atoms with E-state index < -0.39 is 0 Å². The van der Waals surface area contributed by atoms with Crippen LogP contribution < -0.4 is 5.32 Å². The number of aryl methyl sites for hydroxylation is 1. The van der Waals surface area contributed by atoms with Gasteiger partial charge in [-0.3, -0.25) is 9.78 Å². The minimum absolute atomic E-state index is 0.0969. The van der Waals surface area contributed by atoms with Gasteiger partial charge in [-0.2, -0.15) is 0 Å². The van der Waals surface area contributed by atoms with Gasteiger partial charge in [-0.15, -0.1) is 0 Å². The predicted octanol–water partition coefficient (Wildman–Crippen LogP) is 2.62. The lowest BCUT2D eigenvalue weighted by atomic mass is 10.2. The Labute approximate surface area is 118 Å². The van der Waals surface area contributed by atoms with Crippen LogP contribution in [-0.4, -0.2) is 15.9 Å². The number of halogens is 2. The first-order chi connectivity index (χ1) is 9.06. The number of carbonyl (C=O) groups excluding carboxylic acids is 1. The molecule has 0 aliphatic rings. The van der Waals surface area contributed by atoms with Crippen LogP contribution in [0.3, 0.4) is 0 Å². The summed E-state index contributed by atoms with van der Waals surface area (Å²) < 4.78 is 14.2. The van der Waals surface area contributed by atoms with Crippen molar-refractivity contribution in [2.24, 2.45) is 0 Å². The highest BCUT2D eigenvalue weighted by atomic mass is 79.9. The summed E-state index contributed by atoms with van der Waals surface area (Å²) in [5.74, 6) is -0.745. The third kappa shape index (κ3) is 3.57. The van der Waals surface area contributed by atoms with Gasteiger partial charge < -0.3 is 5.32 Å². The van der Waals surface area contributed by atoms with Crippen LogP contribution in [0.1, 0.15) is 21.7 Å². The number of aromatic nitrogens is 2. The lowest BCUT2D eigenvalue weighted by molar-refractivity contribution is 0.0945.